The van der Waals surface area contributed by atoms with Gasteiger partial charge in [-0.3, -0.25) is 4.98 Å². The Morgan fingerprint density at radius 1 is 1.38 bits per heavy atom. The van der Waals surface area contributed by atoms with E-state index in [1.807, 2.05) is 18.3 Å². The van der Waals surface area contributed by atoms with Gasteiger partial charge in [0.1, 0.15) is 0 Å². The zero-order valence-corrected chi connectivity index (χ0v) is 9.78. The molecule has 1 saturated heterocycles. The van der Waals surface area contributed by atoms with Crippen molar-refractivity contribution in [1.29, 1.82) is 0 Å². The monoisotopic (exact) mass is 219 g/mol. The fourth-order valence-corrected chi connectivity index (χ4v) is 2.17. The van der Waals surface area contributed by atoms with Crippen LogP contribution in [0.25, 0.3) is 0 Å². The molecule has 1 aromatic heterocycles. The highest BCUT2D eigenvalue weighted by atomic mass is 14.9. The lowest BCUT2D eigenvalue weighted by atomic mass is 10.0. The van der Waals surface area contributed by atoms with Crippen molar-refractivity contribution >= 4 is 0 Å². The first-order chi connectivity index (χ1) is 7.95. The van der Waals surface area contributed by atoms with E-state index in [2.05, 4.69) is 21.7 Å². The van der Waals surface area contributed by atoms with Gasteiger partial charge in [-0.25, -0.2) is 0 Å². The largest absolute Gasteiger partial charge is 0.314 e. The molecule has 16 heavy (non-hydrogen) atoms. The van der Waals surface area contributed by atoms with Gasteiger partial charge in [0.25, 0.3) is 0 Å². The smallest absolute Gasteiger partial charge is 0.0541 e. The molecule has 0 spiro atoms. The van der Waals surface area contributed by atoms with Crippen molar-refractivity contribution in [3.05, 3.63) is 30.1 Å². The van der Waals surface area contributed by atoms with Gasteiger partial charge in [0.2, 0.25) is 0 Å². The molecule has 3 nitrogen and oxygen atoms in total. The van der Waals surface area contributed by atoms with Crippen molar-refractivity contribution in [2.45, 2.75) is 38.3 Å². The Morgan fingerprint density at radius 2 is 2.38 bits per heavy atom. The summed E-state index contributed by atoms with van der Waals surface area (Å²) in [7, 11) is 0. The van der Waals surface area contributed by atoms with Crippen molar-refractivity contribution < 1.29 is 0 Å². The van der Waals surface area contributed by atoms with Gasteiger partial charge in [-0.1, -0.05) is 12.5 Å². The van der Waals surface area contributed by atoms with Crippen LogP contribution in [0.1, 0.15) is 31.4 Å². The van der Waals surface area contributed by atoms with Crippen LogP contribution in [0.15, 0.2) is 24.4 Å². The second kappa shape index (κ2) is 6.61. The van der Waals surface area contributed by atoms with Crippen LogP contribution >= 0.6 is 0 Å². The van der Waals surface area contributed by atoms with E-state index in [4.69, 9.17) is 0 Å². The molecular formula is C13H21N3. The van der Waals surface area contributed by atoms with Crippen LogP contribution in [0, 0.1) is 0 Å². The highest BCUT2D eigenvalue weighted by Gasteiger charge is 2.11. The normalized spacial score (nSPS) is 20.9. The van der Waals surface area contributed by atoms with Crippen molar-refractivity contribution in [2.75, 3.05) is 13.1 Å². The van der Waals surface area contributed by atoms with Gasteiger partial charge in [-0.15, -0.1) is 0 Å². The molecule has 1 fully saturated rings. The predicted molar refractivity (Wildman–Crippen MR) is 66.2 cm³/mol. The molecule has 2 rings (SSSR count). The number of pyridine rings is 1. The molecular weight excluding hydrogens is 198 g/mol. The van der Waals surface area contributed by atoms with Gasteiger partial charge >= 0.3 is 0 Å². The van der Waals surface area contributed by atoms with E-state index < -0.39 is 0 Å². The van der Waals surface area contributed by atoms with E-state index in [1.165, 1.54) is 32.2 Å². The standard InChI is InChI=1S/C13H21N3/c1-3-8-15-12(5-1)7-10-14-11-13-6-2-4-9-16-13/h2,4,6,9,12,14-15H,1,3,5,7-8,10-11H2. The first kappa shape index (κ1) is 11.6. The summed E-state index contributed by atoms with van der Waals surface area (Å²) >= 11 is 0. The van der Waals surface area contributed by atoms with Crippen LogP contribution in [0.5, 0.6) is 0 Å². The minimum atomic E-state index is 0.727. The minimum Gasteiger partial charge on any atom is -0.314 e. The third kappa shape index (κ3) is 3.91. The lowest BCUT2D eigenvalue weighted by Crippen LogP contribution is -2.36. The van der Waals surface area contributed by atoms with Gasteiger partial charge in [-0.05, 0) is 44.5 Å². The molecule has 1 aliphatic rings. The molecule has 0 saturated carbocycles. The molecule has 1 aromatic rings. The van der Waals surface area contributed by atoms with E-state index in [1.54, 1.807) is 0 Å². The maximum absolute atomic E-state index is 4.28. The van der Waals surface area contributed by atoms with E-state index in [0.29, 0.717) is 0 Å². The average Bonchev–Trinajstić information content (AvgIpc) is 2.37. The lowest BCUT2D eigenvalue weighted by Gasteiger charge is -2.23. The SMILES string of the molecule is c1ccc(CNCCC2CCCCN2)nc1. The Hall–Kier alpha value is -0.930. The van der Waals surface area contributed by atoms with Crippen molar-refractivity contribution in [3.63, 3.8) is 0 Å². The number of piperidine rings is 1. The molecule has 2 heterocycles. The average molecular weight is 219 g/mol. The molecule has 1 unspecified atom stereocenters. The van der Waals surface area contributed by atoms with E-state index in [0.717, 1.165) is 24.8 Å². The Labute approximate surface area is 97.7 Å². The fraction of sp³-hybridized carbons (Fsp3) is 0.615. The highest BCUT2D eigenvalue weighted by molar-refractivity contribution is 5.02. The molecule has 2 N–H and O–H groups in total. The minimum absolute atomic E-state index is 0.727. The van der Waals surface area contributed by atoms with Gasteiger partial charge in [0.05, 0.1) is 5.69 Å². The van der Waals surface area contributed by atoms with E-state index in [9.17, 15) is 0 Å². The molecule has 0 radical (unpaired) electrons. The zero-order chi connectivity index (χ0) is 11.1. The first-order valence-corrected chi connectivity index (χ1v) is 6.29. The first-order valence-electron chi connectivity index (χ1n) is 6.29. The highest BCUT2D eigenvalue weighted by Crippen LogP contribution is 2.09. The molecule has 0 amide bonds. The van der Waals surface area contributed by atoms with Crippen molar-refractivity contribution in [2.24, 2.45) is 0 Å². The Kier molecular flexibility index (Phi) is 4.77. The molecule has 88 valence electrons. The zero-order valence-electron chi connectivity index (χ0n) is 9.78. The summed E-state index contributed by atoms with van der Waals surface area (Å²) in [5.41, 5.74) is 1.12. The maximum atomic E-state index is 4.28. The van der Waals surface area contributed by atoms with Gasteiger partial charge in [0.15, 0.2) is 0 Å². The second-order valence-corrected chi connectivity index (χ2v) is 4.43. The summed E-state index contributed by atoms with van der Waals surface area (Å²) in [5.74, 6) is 0. The summed E-state index contributed by atoms with van der Waals surface area (Å²) < 4.78 is 0. The Morgan fingerprint density at radius 3 is 3.12 bits per heavy atom. The summed E-state index contributed by atoms with van der Waals surface area (Å²) in [5, 5.41) is 7.01. The number of nitrogens with zero attached hydrogens (tertiary/aromatic N) is 1. The number of nitrogens with one attached hydrogen (secondary N) is 2. The summed E-state index contributed by atoms with van der Waals surface area (Å²) in [6.07, 6.45) is 7.15. The van der Waals surface area contributed by atoms with Crippen LogP contribution in [0.2, 0.25) is 0 Å². The number of aromatic nitrogens is 1. The van der Waals surface area contributed by atoms with E-state index >= 15 is 0 Å². The molecule has 0 aliphatic carbocycles. The molecule has 3 heteroatoms. The third-order valence-electron chi connectivity index (χ3n) is 3.11. The summed E-state index contributed by atoms with van der Waals surface area (Å²) in [4.78, 5) is 4.28. The number of hydrogen-bond donors (Lipinski definition) is 2. The van der Waals surface area contributed by atoms with Crippen molar-refractivity contribution in [1.82, 2.24) is 15.6 Å². The van der Waals surface area contributed by atoms with Gasteiger partial charge in [-0.2, -0.15) is 0 Å². The Balaban J connectivity index is 1.58. The second-order valence-electron chi connectivity index (χ2n) is 4.43. The Bertz CT molecular complexity index is 280. The van der Waals surface area contributed by atoms with Crippen molar-refractivity contribution in [3.8, 4) is 0 Å². The number of hydrogen-bond acceptors (Lipinski definition) is 3. The molecule has 1 aliphatic heterocycles. The van der Waals surface area contributed by atoms with Crippen LogP contribution in [0.4, 0.5) is 0 Å². The molecule has 1 atom stereocenters. The maximum Gasteiger partial charge on any atom is 0.0541 e. The lowest BCUT2D eigenvalue weighted by molar-refractivity contribution is 0.376. The van der Waals surface area contributed by atoms with Crippen LogP contribution < -0.4 is 10.6 Å². The summed E-state index contributed by atoms with van der Waals surface area (Å²) in [6, 6.07) is 6.78. The molecule has 0 aromatic carbocycles. The topological polar surface area (TPSA) is 37.0 Å². The quantitative estimate of drug-likeness (QED) is 0.740. The third-order valence-corrected chi connectivity index (χ3v) is 3.11. The predicted octanol–water partition coefficient (Wildman–Crippen LogP) is 1.70. The summed E-state index contributed by atoms with van der Waals surface area (Å²) in [6.45, 7) is 3.16. The van der Waals surface area contributed by atoms with Crippen LogP contribution in [0.3, 0.4) is 0 Å². The van der Waals surface area contributed by atoms with Crippen LogP contribution in [-0.4, -0.2) is 24.1 Å². The van der Waals surface area contributed by atoms with E-state index in [-0.39, 0.29) is 0 Å². The fourth-order valence-electron chi connectivity index (χ4n) is 2.17. The molecule has 0 bridgehead atoms. The number of rotatable bonds is 5. The van der Waals surface area contributed by atoms with Gasteiger partial charge < -0.3 is 10.6 Å². The van der Waals surface area contributed by atoms with Gasteiger partial charge in [0, 0.05) is 18.8 Å². The van der Waals surface area contributed by atoms with Crippen LogP contribution in [-0.2, 0) is 6.54 Å².